The van der Waals surface area contributed by atoms with Gasteiger partial charge in [-0.1, -0.05) is 0 Å². The summed E-state index contributed by atoms with van der Waals surface area (Å²) in [7, 11) is 1.43. The molecule has 0 saturated heterocycles. The largest absolute Gasteiger partial charge is 0.487 e. The fourth-order valence-electron chi connectivity index (χ4n) is 2.00. The summed E-state index contributed by atoms with van der Waals surface area (Å²) in [6, 6.07) is 0.267. The fraction of sp³-hybridized carbons (Fsp3) is 0.636. The van der Waals surface area contributed by atoms with Gasteiger partial charge in [0, 0.05) is 6.04 Å². The van der Waals surface area contributed by atoms with Crippen LogP contribution in [0.25, 0.3) is 0 Å². The van der Waals surface area contributed by atoms with Crippen molar-refractivity contribution in [2.75, 3.05) is 7.11 Å². The number of nitrogens with zero attached hydrogens (tertiary/aromatic N) is 1. The molecule has 0 aliphatic heterocycles. The van der Waals surface area contributed by atoms with Crippen molar-refractivity contribution in [3.63, 3.8) is 0 Å². The summed E-state index contributed by atoms with van der Waals surface area (Å²) in [6.45, 7) is 0. The minimum absolute atomic E-state index is 0.0676. The van der Waals surface area contributed by atoms with Crippen LogP contribution < -0.4 is 20.8 Å². The average molecular weight is 239 g/mol. The maximum Gasteiger partial charge on any atom is 0.297 e. The number of nitrogens with one attached hydrogen (secondary N) is 1. The molecule has 1 aliphatic rings. The van der Waals surface area contributed by atoms with Crippen molar-refractivity contribution >= 4 is 0 Å². The van der Waals surface area contributed by atoms with Gasteiger partial charge in [0.25, 0.3) is 11.4 Å². The van der Waals surface area contributed by atoms with Crippen LogP contribution in [0.4, 0.5) is 0 Å². The molecule has 1 saturated carbocycles. The van der Waals surface area contributed by atoms with Gasteiger partial charge in [0.1, 0.15) is 6.10 Å². The Kier molecular flexibility index (Phi) is 3.63. The summed E-state index contributed by atoms with van der Waals surface area (Å²) < 4.78 is 10.7. The smallest absolute Gasteiger partial charge is 0.297 e. The number of H-pyrrole nitrogens is 1. The third-order valence-electron chi connectivity index (χ3n) is 2.98. The van der Waals surface area contributed by atoms with Crippen LogP contribution in [-0.4, -0.2) is 29.2 Å². The minimum Gasteiger partial charge on any atom is -0.487 e. The summed E-state index contributed by atoms with van der Waals surface area (Å²) in [6.07, 6.45) is 5.04. The first-order chi connectivity index (χ1) is 8.20. The molecule has 6 heteroatoms. The van der Waals surface area contributed by atoms with Crippen LogP contribution in [0.3, 0.4) is 0 Å². The summed E-state index contributed by atoms with van der Waals surface area (Å²) in [5, 5.41) is 0. The first kappa shape index (κ1) is 11.9. The maximum absolute atomic E-state index is 11.4. The normalized spacial score (nSPS) is 24.4. The van der Waals surface area contributed by atoms with Crippen molar-refractivity contribution in [3.8, 4) is 11.6 Å². The number of methoxy groups -OCH3 is 1. The molecule has 0 spiro atoms. The molecule has 0 bridgehead atoms. The first-order valence-corrected chi connectivity index (χ1v) is 5.74. The molecule has 17 heavy (non-hydrogen) atoms. The first-order valence-electron chi connectivity index (χ1n) is 5.74. The Balaban J connectivity index is 2.08. The van der Waals surface area contributed by atoms with Gasteiger partial charge in [-0.15, -0.1) is 0 Å². The number of rotatable bonds is 3. The van der Waals surface area contributed by atoms with Crippen LogP contribution in [-0.2, 0) is 0 Å². The molecule has 2 rings (SSSR count). The van der Waals surface area contributed by atoms with E-state index in [2.05, 4.69) is 9.97 Å². The second-order valence-electron chi connectivity index (χ2n) is 4.22. The molecule has 6 nitrogen and oxygen atoms in total. The zero-order valence-electron chi connectivity index (χ0n) is 9.81. The number of hydrogen-bond acceptors (Lipinski definition) is 5. The summed E-state index contributed by atoms with van der Waals surface area (Å²) in [5.41, 5.74) is 5.49. The Morgan fingerprint density at radius 2 is 2.12 bits per heavy atom. The van der Waals surface area contributed by atoms with Gasteiger partial charge in [-0.3, -0.25) is 4.79 Å². The SMILES string of the molecule is COc1c(OC2CCC(N)CC2)nc[nH]c1=O. The van der Waals surface area contributed by atoms with E-state index in [1.807, 2.05) is 0 Å². The molecule has 94 valence electrons. The topological polar surface area (TPSA) is 90.2 Å². The molecule has 0 unspecified atom stereocenters. The van der Waals surface area contributed by atoms with E-state index in [1.165, 1.54) is 13.4 Å². The van der Waals surface area contributed by atoms with Gasteiger partial charge in [0.2, 0.25) is 5.75 Å². The van der Waals surface area contributed by atoms with E-state index in [0.29, 0.717) is 0 Å². The Bertz CT molecular complexity index is 424. The average Bonchev–Trinajstić information content (AvgIpc) is 2.32. The van der Waals surface area contributed by atoms with Crippen LogP contribution in [0.2, 0.25) is 0 Å². The highest BCUT2D eigenvalue weighted by atomic mass is 16.5. The Morgan fingerprint density at radius 3 is 2.76 bits per heavy atom. The summed E-state index contributed by atoms with van der Waals surface area (Å²) >= 11 is 0. The van der Waals surface area contributed by atoms with E-state index in [4.69, 9.17) is 15.2 Å². The number of aromatic nitrogens is 2. The third-order valence-corrected chi connectivity index (χ3v) is 2.98. The molecule has 0 aromatic carbocycles. The molecule has 1 heterocycles. The predicted molar refractivity (Wildman–Crippen MR) is 62.3 cm³/mol. The number of hydrogen-bond donors (Lipinski definition) is 2. The van der Waals surface area contributed by atoms with E-state index in [-0.39, 0.29) is 29.3 Å². The Labute approximate surface area is 99.1 Å². The molecule has 1 fully saturated rings. The molecular formula is C11H17N3O3. The van der Waals surface area contributed by atoms with E-state index in [1.54, 1.807) is 0 Å². The van der Waals surface area contributed by atoms with E-state index in [9.17, 15) is 4.79 Å². The van der Waals surface area contributed by atoms with Crippen molar-refractivity contribution < 1.29 is 9.47 Å². The van der Waals surface area contributed by atoms with Crippen LogP contribution in [0.15, 0.2) is 11.1 Å². The van der Waals surface area contributed by atoms with Gasteiger partial charge in [-0.05, 0) is 25.7 Å². The van der Waals surface area contributed by atoms with Crippen LogP contribution >= 0.6 is 0 Å². The second-order valence-corrected chi connectivity index (χ2v) is 4.22. The standard InChI is InChI=1S/C11H17N3O3/c1-16-9-10(15)13-6-14-11(9)17-8-4-2-7(12)3-5-8/h6-8H,2-5,12H2,1H3,(H,13,14,15). The van der Waals surface area contributed by atoms with E-state index in [0.717, 1.165) is 25.7 Å². The van der Waals surface area contributed by atoms with Crippen molar-refractivity contribution in [1.82, 2.24) is 9.97 Å². The zero-order valence-corrected chi connectivity index (χ0v) is 9.81. The number of nitrogens with two attached hydrogens (primary N) is 1. The highest BCUT2D eigenvalue weighted by Crippen LogP contribution is 2.25. The van der Waals surface area contributed by atoms with E-state index < -0.39 is 0 Å². The lowest BCUT2D eigenvalue weighted by atomic mass is 9.94. The van der Waals surface area contributed by atoms with Crippen molar-refractivity contribution in [3.05, 3.63) is 16.7 Å². The molecule has 1 aromatic heterocycles. The molecule has 0 amide bonds. The fourth-order valence-corrected chi connectivity index (χ4v) is 2.00. The van der Waals surface area contributed by atoms with Crippen LogP contribution in [0.1, 0.15) is 25.7 Å². The third kappa shape index (κ3) is 2.76. The lowest BCUT2D eigenvalue weighted by Gasteiger charge is -2.26. The van der Waals surface area contributed by atoms with Gasteiger partial charge in [-0.2, -0.15) is 0 Å². The van der Waals surface area contributed by atoms with Crippen LogP contribution in [0, 0.1) is 0 Å². The van der Waals surface area contributed by atoms with Crippen molar-refractivity contribution in [2.45, 2.75) is 37.8 Å². The maximum atomic E-state index is 11.4. The van der Waals surface area contributed by atoms with Crippen molar-refractivity contribution in [1.29, 1.82) is 0 Å². The Morgan fingerprint density at radius 1 is 1.41 bits per heavy atom. The lowest BCUT2D eigenvalue weighted by Crippen LogP contribution is -2.32. The molecule has 1 aromatic rings. The number of aromatic amines is 1. The van der Waals surface area contributed by atoms with Gasteiger partial charge in [-0.25, -0.2) is 4.98 Å². The quantitative estimate of drug-likeness (QED) is 0.798. The second kappa shape index (κ2) is 5.18. The summed E-state index contributed by atoms with van der Waals surface area (Å²) in [5.74, 6) is 0.388. The highest BCUT2D eigenvalue weighted by molar-refractivity contribution is 5.29. The molecule has 0 radical (unpaired) electrons. The molecule has 1 aliphatic carbocycles. The van der Waals surface area contributed by atoms with Crippen molar-refractivity contribution in [2.24, 2.45) is 5.73 Å². The highest BCUT2D eigenvalue weighted by Gasteiger charge is 2.22. The molecule has 0 atom stereocenters. The van der Waals surface area contributed by atoms with E-state index >= 15 is 0 Å². The molecule has 3 N–H and O–H groups in total. The number of ether oxygens (including phenoxy) is 2. The monoisotopic (exact) mass is 239 g/mol. The van der Waals surface area contributed by atoms with Gasteiger partial charge < -0.3 is 20.2 Å². The Hall–Kier alpha value is -1.56. The molecular weight excluding hydrogens is 222 g/mol. The van der Waals surface area contributed by atoms with Gasteiger partial charge >= 0.3 is 0 Å². The van der Waals surface area contributed by atoms with Gasteiger partial charge in [0.05, 0.1) is 13.4 Å². The van der Waals surface area contributed by atoms with Gasteiger partial charge in [0.15, 0.2) is 0 Å². The predicted octanol–water partition coefficient (Wildman–Crippen LogP) is 0.427. The van der Waals surface area contributed by atoms with Crippen LogP contribution in [0.5, 0.6) is 11.6 Å². The lowest BCUT2D eigenvalue weighted by molar-refractivity contribution is 0.135. The minimum atomic E-state index is -0.329. The zero-order chi connectivity index (χ0) is 12.3. The summed E-state index contributed by atoms with van der Waals surface area (Å²) in [4.78, 5) is 17.9.